The van der Waals surface area contributed by atoms with Crippen molar-refractivity contribution < 1.29 is 19.1 Å². The summed E-state index contributed by atoms with van der Waals surface area (Å²) < 4.78 is 4.52. The van der Waals surface area contributed by atoms with Gasteiger partial charge in [-0.05, 0) is 24.8 Å². The summed E-state index contributed by atoms with van der Waals surface area (Å²) in [5.74, 6) is 0.0753. The van der Waals surface area contributed by atoms with Gasteiger partial charge in [-0.15, -0.1) is 0 Å². The van der Waals surface area contributed by atoms with Crippen LogP contribution in [-0.2, 0) is 20.9 Å². The van der Waals surface area contributed by atoms with E-state index in [0.29, 0.717) is 32.6 Å². The van der Waals surface area contributed by atoms with Gasteiger partial charge in [0.25, 0.3) is 0 Å². The minimum Gasteiger partial charge on any atom is -0.453 e. The molecule has 2 saturated heterocycles. The van der Waals surface area contributed by atoms with Crippen LogP contribution in [0.2, 0.25) is 0 Å². The number of nitrogens with zero attached hydrogens (tertiary/aromatic N) is 2. The number of likely N-dealkylation sites (tertiary alicyclic amines) is 2. The number of ether oxygens (including phenoxy) is 1. The van der Waals surface area contributed by atoms with Crippen molar-refractivity contribution in [3.05, 3.63) is 35.9 Å². The van der Waals surface area contributed by atoms with Crippen LogP contribution in [0, 0.1) is 5.41 Å². The highest BCUT2D eigenvalue weighted by atomic mass is 16.5. The van der Waals surface area contributed by atoms with Crippen molar-refractivity contribution in [2.45, 2.75) is 32.2 Å². The predicted molar refractivity (Wildman–Crippen MR) is 99.7 cm³/mol. The first-order chi connectivity index (χ1) is 13.0. The lowest BCUT2D eigenvalue weighted by atomic mass is 9.73. The molecule has 0 aromatic heterocycles. The fourth-order valence-corrected chi connectivity index (χ4v) is 4.14. The number of piperidine rings is 2. The molecule has 0 bridgehead atoms. The Balaban J connectivity index is 1.63. The molecule has 2 heterocycles. The van der Waals surface area contributed by atoms with Gasteiger partial charge in [0.2, 0.25) is 11.8 Å². The summed E-state index contributed by atoms with van der Waals surface area (Å²) in [6.07, 6.45) is 2.66. The van der Waals surface area contributed by atoms with Gasteiger partial charge in [-0.1, -0.05) is 30.3 Å². The molecule has 0 radical (unpaired) electrons. The Bertz CT molecular complexity index is 694. The lowest BCUT2D eigenvalue weighted by Gasteiger charge is -2.48. The summed E-state index contributed by atoms with van der Waals surface area (Å²) in [6, 6.07) is 9.99. The standard InChI is InChI=1S/C20H27N3O4/c1-27-19(26)21-12-18(25)22-11-5-9-20(14-22)10-8-17(24)23(15-20)13-16-6-3-2-4-7-16/h2-4,6-7H,5,8-15H2,1H3,(H,21,26). The molecule has 2 aliphatic heterocycles. The molecule has 1 N–H and O–H groups in total. The lowest BCUT2D eigenvalue weighted by Crippen LogP contribution is -2.55. The summed E-state index contributed by atoms with van der Waals surface area (Å²) in [5, 5.41) is 2.45. The quantitative estimate of drug-likeness (QED) is 0.872. The number of carbonyl (C=O) groups is 3. The predicted octanol–water partition coefficient (Wildman–Crippen LogP) is 1.77. The van der Waals surface area contributed by atoms with Crippen molar-refractivity contribution in [2.75, 3.05) is 33.3 Å². The first kappa shape index (κ1) is 19.2. The van der Waals surface area contributed by atoms with Crippen molar-refractivity contribution in [3.63, 3.8) is 0 Å². The van der Waals surface area contributed by atoms with E-state index >= 15 is 0 Å². The van der Waals surface area contributed by atoms with Crippen LogP contribution >= 0.6 is 0 Å². The average Bonchev–Trinajstić information content (AvgIpc) is 2.69. The zero-order chi connectivity index (χ0) is 19.3. The molecular formula is C20H27N3O4. The third-order valence-electron chi connectivity index (χ3n) is 5.55. The molecule has 2 aliphatic rings. The van der Waals surface area contributed by atoms with E-state index in [0.717, 1.165) is 24.8 Å². The molecule has 1 atom stereocenters. The van der Waals surface area contributed by atoms with Gasteiger partial charge < -0.3 is 19.9 Å². The molecule has 0 saturated carbocycles. The van der Waals surface area contributed by atoms with E-state index in [1.807, 2.05) is 40.1 Å². The summed E-state index contributed by atoms with van der Waals surface area (Å²) in [7, 11) is 1.27. The first-order valence-corrected chi connectivity index (χ1v) is 9.43. The number of nitrogens with one attached hydrogen (secondary N) is 1. The molecule has 27 heavy (non-hydrogen) atoms. The van der Waals surface area contributed by atoms with Gasteiger partial charge in [-0.3, -0.25) is 9.59 Å². The number of alkyl carbamates (subject to hydrolysis) is 1. The van der Waals surface area contributed by atoms with Crippen LogP contribution in [0.15, 0.2) is 30.3 Å². The molecule has 0 aliphatic carbocycles. The molecule has 3 rings (SSSR count). The number of amides is 3. The van der Waals surface area contributed by atoms with Crippen molar-refractivity contribution in [1.29, 1.82) is 0 Å². The summed E-state index contributed by atoms with van der Waals surface area (Å²) in [6.45, 7) is 2.55. The van der Waals surface area contributed by atoms with Crippen LogP contribution < -0.4 is 5.32 Å². The lowest BCUT2D eigenvalue weighted by molar-refractivity contribution is -0.143. The Labute approximate surface area is 159 Å². The highest BCUT2D eigenvalue weighted by Gasteiger charge is 2.42. The summed E-state index contributed by atoms with van der Waals surface area (Å²) >= 11 is 0. The van der Waals surface area contributed by atoms with Gasteiger partial charge in [0.1, 0.15) is 6.54 Å². The molecule has 146 valence electrons. The van der Waals surface area contributed by atoms with Gasteiger partial charge in [0, 0.05) is 38.0 Å². The largest absolute Gasteiger partial charge is 0.453 e. The summed E-state index contributed by atoms with van der Waals surface area (Å²) in [5.41, 5.74) is 1.07. The number of methoxy groups -OCH3 is 1. The van der Waals surface area contributed by atoms with Crippen LogP contribution in [0.4, 0.5) is 4.79 Å². The van der Waals surface area contributed by atoms with Gasteiger partial charge in [-0.25, -0.2) is 4.79 Å². The fraction of sp³-hybridized carbons (Fsp3) is 0.550. The van der Waals surface area contributed by atoms with Crippen LogP contribution in [0.3, 0.4) is 0 Å². The van der Waals surface area contributed by atoms with E-state index in [4.69, 9.17) is 0 Å². The SMILES string of the molecule is COC(=O)NCC(=O)N1CCCC2(CCC(=O)N(Cc3ccccc3)C2)C1. The average molecular weight is 373 g/mol. The van der Waals surface area contributed by atoms with Crippen LogP contribution in [-0.4, -0.2) is 61.0 Å². The Morgan fingerprint density at radius 3 is 2.70 bits per heavy atom. The Morgan fingerprint density at radius 1 is 1.19 bits per heavy atom. The van der Waals surface area contributed by atoms with Crippen molar-refractivity contribution in [2.24, 2.45) is 5.41 Å². The minimum atomic E-state index is -0.604. The highest BCUT2D eigenvalue weighted by Crippen LogP contribution is 2.39. The maximum atomic E-state index is 12.5. The zero-order valence-corrected chi connectivity index (χ0v) is 15.8. The van der Waals surface area contributed by atoms with Crippen molar-refractivity contribution in [3.8, 4) is 0 Å². The van der Waals surface area contributed by atoms with Gasteiger partial charge >= 0.3 is 6.09 Å². The van der Waals surface area contributed by atoms with E-state index in [9.17, 15) is 14.4 Å². The number of carbonyl (C=O) groups excluding carboxylic acids is 3. The van der Waals surface area contributed by atoms with Crippen LogP contribution in [0.5, 0.6) is 0 Å². The van der Waals surface area contributed by atoms with Gasteiger partial charge in [0.05, 0.1) is 7.11 Å². The van der Waals surface area contributed by atoms with Crippen molar-refractivity contribution in [1.82, 2.24) is 15.1 Å². The molecule has 1 spiro atoms. The third-order valence-corrected chi connectivity index (χ3v) is 5.55. The molecular weight excluding hydrogens is 346 g/mol. The maximum Gasteiger partial charge on any atom is 0.407 e. The van der Waals surface area contributed by atoms with Gasteiger partial charge in [0.15, 0.2) is 0 Å². The van der Waals surface area contributed by atoms with E-state index in [-0.39, 0.29) is 23.8 Å². The monoisotopic (exact) mass is 373 g/mol. The Kier molecular flexibility index (Phi) is 5.98. The number of rotatable bonds is 4. The third kappa shape index (κ3) is 4.78. The second-order valence-electron chi connectivity index (χ2n) is 7.50. The molecule has 7 nitrogen and oxygen atoms in total. The number of hydrogen-bond acceptors (Lipinski definition) is 4. The second-order valence-corrected chi connectivity index (χ2v) is 7.50. The smallest absolute Gasteiger partial charge is 0.407 e. The zero-order valence-electron chi connectivity index (χ0n) is 15.8. The minimum absolute atomic E-state index is 0.0537. The van der Waals surface area contributed by atoms with E-state index in [1.165, 1.54) is 7.11 Å². The van der Waals surface area contributed by atoms with Gasteiger partial charge in [-0.2, -0.15) is 0 Å². The van der Waals surface area contributed by atoms with Crippen LogP contribution in [0.1, 0.15) is 31.2 Å². The van der Waals surface area contributed by atoms with Crippen molar-refractivity contribution >= 4 is 17.9 Å². The van der Waals surface area contributed by atoms with E-state index < -0.39 is 6.09 Å². The van der Waals surface area contributed by atoms with E-state index in [1.54, 1.807) is 0 Å². The molecule has 2 fully saturated rings. The number of hydrogen-bond donors (Lipinski definition) is 1. The Morgan fingerprint density at radius 2 is 1.96 bits per heavy atom. The highest BCUT2D eigenvalue weighted by molar-refractivity contribution is 5.82. The second kappa shape index (κ2) is 8.41. The molecule has 1 aromatic rings. The molecule has 7 heteroatoms. The molecule has 3 amide bonds. The maximum absolute atomic E-state index is 12.5. The molecule has 1 aromatic carbocycles. The normalized spacial score (nSPS) is 22.6. The van der Waals surface area contributed by atoms with Crippen LogP contribution in [0.25, 0.3) is 0 Å². The fourth-order valence-electron chi connectivity index (χ4n) is 4.14. The number of benzene rings is 1. The topological polar surface area (TPSA) is 79.0 Å². The summed E-state index contributed by atoms with van der Waals surface area (Å²) in [4.78, 5) is 39.8. The first-order valence-electron chi connectivity index (χ1n) is 9.43. The Hall–Kier alpha value is -2.57. The molecule has 1 unspecified atom stereocenters. The van der Waals surface area contributed by atoms with E-state index in [2.05, 4.69) is 10.1 Å².